The van der Waals surface area contributed by atoms with E-state index in [0.717, 1.165) is 5.56 Å². The van der Waals surface area contributed by atoms with Crippen LogP contribution in [0.4, 0.5) is 0 Å². The van der Waals surface area contributed by atoms with E-state index in [-0.39, 0.29) is 40.2 Å². The van der Waals surface area contributed by atoms with Gasteiger partial charge in [-0.2, -0.15) is 8.42 Å². The molecule has 0 radical (unpaired) electrons. The van der Waals surface area contributed by atoms with Gasteiger partial charge < -0.3 is 9.47 Å². The van der Waals surface area contributed by atoms with Crippen molar-refractivity contribution in [2.75, 3.05) is 14.2 Å². The van der Waals surface area contributed by atoms with Crippen LogP contribution in [0.2, 0.25) is 0 Å². The minimum absolute atomic E-state index is 0. The summed E-state index contributed by atoms with van der Waals surface area (Å²) in [6.07, 6.45) is 0. The Morgan fingerprint density at radius 1 is 0.955 bits per heavy atom. The molecule has 0 saturated carbocycles. The number of hydrogen-bond donors (Lipinski definition) is 0. The van der Waals surface area contributed by atoms with Crippen LogP contribution in [0.25, 0.3) is 11.1 Å². The molecule has 0 aliphatic rings. The summed E-state index contributed by atoms with van der Waals surface area (Å²) in [4.78, 5) is -0.0559. The zero-order chi connectivity index (χ0) is 15.5. The first-order valence-electron chi connectivity index (χ1n) is 5.99. The fourth-order valence-corrected chi connectivity index (χ4v) is 3.11. The van der Waals surface area contributed by atoms with Gasteiger partial charge in [0, 0.05) is 9.47 Å². The predicted molar refractivity (Wildman–Crippen MR) is 90.1 cm³/mol. The number of benzene rings is 2. The van der Waals surface area contributed by atoms with Crippen molar-refractivity contribution in [3.8, 4) is 22.6 Å². The van der Waals surface area contributed by atoms with Crippen LogP contribution in [0.5, 0.6) is 11.5 Å². The molecule has 2 aromatic rings. The summed E-state index contributed by atoms with van der Waals surface area (Å²) < 4.78 is 39.1. The van der Waals surface area contributed by atoms with Crippen molar-refractivity contribution >= 4 is 49.1 Å². The molecule has 0 amide bonds. The quantitative estimate of drug-likeness (QED) is 0.611. The van der Waals surface area contributed by atoms with Crippen LogP contribution in [0.3, 0.4) is 0 Å². The first-order valence-corrected chi connectivity index (χ1v) is 7.87. The molecular formula is C14H16NaO5PS. The SMILES string of the molecule is COc1ccc(S(=O)(=O)OP)c(OC)c1-c1ccccc1.[NaH]. The Labute approximate surface area is 154 Å². The van der Waals surface area contributed by atoms with Crippen LogP contribution in [0, 0.1) is 0 Å². The number of hydrogen-bond acceptors (Lipinski definition) is 5. The van der Waals surface area contributed by atoms with E-state index < -0.39 is 10.1 Å². The molecule has 0 aromatic heterocycles. The molecule has 0 saturated heterocycles. The number of methoxy groups -OCH3 is 2. The molecule has 8 heteroatoms. The van der Waals surface area contributed by atoms with Crippen LogP contribution in [0.15, 0.2) is 47.4 Å². The molecule has 0 aliphatic heterocycles. The Morgan fingerprint density at radius 3 is 2.09 bits per heavy atom. The first kappa shape index (κ1) is 19.4. The van der Waals surface area contributed by atoms with Crippen molar-refractivity contribution in [2.45, 2.75) is 4.90 Å². The van der Waals surface area contributed by atoms with E-state index >= 15 is 0 Å². The summed E-state index contributed by atoms with van der Waals surface area (Å²) >= 11 is 0. The van der Waals surface area contributed by atoms with Crippen molar-refractivity contribution < 1.29 is 21.9 Å². The molecule has 0 bridgehead atoms. The number of ether oxygens (including phenoxy) is 2. The van der Waals surface area contributed by atoms with E-state index in [1.165, 1.54) is 20.3 Å². The van der Waals surface area contributed by atoms with Gasteiger partial charge in [-0.1, -0.05) is 30.3 Å². The fraction of sp³-hybridized carbons (Fsp3) is 0.143. The molecule has 0 fully saturated rings. The molecule has 0 heterocycles. The third kappa shape index (κ3) is 3.82. The van der Waals surface area contributed by atoms with Crippen LogP contribution >= 0.6 is 9.47 Å². The number of rotatable bonds is 5. The van der Waals surface area contributed by atoms with E-state index in [1.807, 2.05) is 30.3 Å². The Hall–Kier alpha value is -0.620. The van der Waals surface area contributed by atoms with Crippen LogP contribution in [-0.4, -0.2) is 52.2 Å². The van der Waals surface area contributed by atoms with Gasteiger partial charge in [-0.25, -0.2) is 0 Å². The van der Waals surface area contributed by atoms with Crippen LogP contribution in [0.1, 0.15) is 0 Å². The Morgan fingerprint density at radius 2 is 1.59 bits per heavy atom. The van der Waals surface area contributed by atoms with Crippen LogP contribution < -0.4 is 9.47 Å². The second-order valence-corrected chi connectivity index (χ2v) is 6.21. The topological polar surface area (TPSA) is 61.8 Å². The molecule has 0 aliphatic carbocycles. The molecule has 1 atom stereocenters. The monoisotopic (exact) mass is 350 g/mol. The average Bonchev–Trinajstić information content (AvgIpc) is 2.54. The molecule has 0 N–H and O–H groups in total. The standard InChI is InChI=1S/C14H15O5PS.Na.H/c1-17-11-8-9-12(21(15,16)19-20)14(18-2)13(11)10-6-4-3-5-7-10;;/h3-9H,20H2,1-2H3;;. The van der Waals surface area contributed by atoms with Crippen molar-refractivity contribution in [3.63, 3.8) is 0 Å². The molecule has 0 spiro atoms. The van der Waals surface area contributed by atoms with Gasteiger partial charge in [0.25, 0.3) is 0 Å². The van der Waals surface area contributed by atoms with Gasteiger partial charge in [-0.3, -0.25) is 3.97 Å². The third-order valence-corrected chi connectivity index (χ3v) is 4.84. The second kappa shape index (κ2) is 8.29. The van der Waals surface area contributed by atoms with E-state index in [9.17, 15) is 8.42 Å². The Kier molecular flexibility index (Phi) is 7.32. The average molecular weight is 350 g/mol. The molecule has 22 heavy (non-hydrogen) atoms. The molecule has 2 aromatic carbocycles. The third-order valence-electron chi connectivity index (χ3n) is 2.97. The van der Waals surface area contributed by atoms with Gasteiger partial charge in [0.05, 0.1) is 19.8 Å². The molecule has 2 rings (SSSR count). The van der Waals surface area contributed by atoms with Crippen molar-refractivity contribution in [1.82, 2.24) is 0 Å². The summed E-state index contributed by atoms with van der Waals surface area (Å²) in [6, 6.07) is 12.2. The van der Waals surface area contributed by atoms with Gasteiger partial charge >= 0.3 is 39.7 Å². The molecular weight excluding hydrogens is 334 g/mol. The van der Waals surface area contributed by atoms with E-state index in [0.29, 0.717) is 11.3 Å². The Balaban J connectivity index is 0.00000242. The summed E-state index contributed by atoms with van der Waals surface area (Å²) in [7, 11) is 0.742. The van der Waals surface area contributed by atoms with E-state index in [2.05, 4.69) is 3.97 Å². The summed E-state index contributed by atoms with van der Waals surface area (Å²) in [5.74, 6) is 0.698. The van der Waals surface area contributed by atoms with Gasteiger partial charge in [0.2, 0.25) is 0 Å². The van der Waals surface area contributed by atoms with Gasteiger partial charge in [0.1, 0.15) is 10.6 Å². The zero-order valence-corrected chi connectivity index (χ0v) is 13.5. The Bertz CT molecular complexity index is 734. The summed E-state index contributed by atoms with van der Waals surface area (Å²) in [6.45, 7) is 0. The van der Waals surface area contributed by atoms with Crippen molar-refractivity contribution in [2.24, 2.45) is 0 Å². The van der Waals surface area contributed by atoms with Gasteiger partial charge in [-0.05, 0) is 17.7 Å². The maximum atomic E-state index is 12.0. The molecule has 1 unspecified atom stereocenters. The van der Waals surface area contributed by atoms with E-state index in [4.69, 9.17) is 9.47 Å². The first-order chi connectivity index (χ1) is 10.0. The fourth-order valence-electron chi connectivity index (χ4n) is 2.05. The van der Waals surface area contributed by atoms with Crippen molar-refractivity contribution in [1.29, 1.82) is 0 Å². The second-order valence-electron chi connectivity index (χ2n) is 4.09. The molecule has 5 nitrogen and oxygen atoms in total. The maximum absolute atomic E-state index is 12.0. The van der Waals surface area contributed by atoms with E-state index in [1.54, 1.807) is 15.5 Å². The van der Waals surface area contributed by atoms with Crippen molar-refractivity contribution in [3.05, 3.63) is 42.5 Å². The summed E-state index contributed by atoms with van der Waals surface area (Å²) in [5.41, 5.74) is 1.34. The molecule has 114 valence electrons. The minimum atomic E-state index is -3.91. The predicted octanol–water partition coefficient (Wildman–Crippen LogP) is 2.22. The summed E-state index contributed by atoms with van der Waals surface area (Å²) in [5, 5.41) is 0. The normalized spacial score (nSPS) is 10.7. The zero-order valence-electron chi connectivity index (χ0n) is 11.6. The van der Waals surface area contributed by atoms with Gasteiger partial charge in [0.15, 0.2) is 5.75 Å². The van der Waals surface area contributed by atoms with Crippen LogP contribution in [-0.2, 0) is 14.1 Å². The van der Waals surface area contributed by atoms with Gasteiger partial charge in [-0.15, -0.1) is 0 Å².